The molecule has 0 amide bonds. The van der Waals surface area contributed by atoms with Crippen molar-refractivity contribution in [1.82, 2.24) is 9.66 Å². The molecule has 0 N–H and O–H groups in total. The third-order valence-corrected chi connectivity index (χ3v) is 6.45. The topological polar surface area (TPSA) is 109 Å². The number of non-ortho nitro benzene ring substituents is 1. The molecule has 39 heavy (non-hydrogen) atoms. The van der Waals surface area contributed by atoms with Crippen LogP contribution in [0.15, 0.2) is 105 Å². The molecule has 0 aliphatic carbocycles. The Bertz CT molecular complexity index is 1770. The highest BCUT2D eigenvalue weighted by Gasteiger charge is 2.15. The molecule has 1 aromatic heterocycles. The summed E-state index contributed by atoms with van der Waals surface area (Å²) in [5.74, 6) is 1.26. The molecule has 0 bridgehead atoms. The second-order valence-corrected chi connectivity index (χ2v) is 9.28. The molecule has 194 valence electrons. The van der Waals surface area contributed by atoms with Gasteiger partial charge in [-0.15, -0.1) is 0 Å². The van der Waals surface area contributed by atoms with Crippen molar-refractivity contribution in [3.8, 4) is 22.9 Å². The van der Waals surface area contributed by atoms with Crippen molar-refractivity contribution in [3.63, 3.8) is 0 Å². The highest BCUT2D eigenvalue weighted by molar-refractivity contribution is 9.10. The first-order valence-electron chi connectivity index (χ1n) is 11.8. The van der Waals surface area contributed by atoms with E-state index in [9.17, 15) is 14.9 Å². The average molecular weight is 585 g/mol. The zero-order chi connectivity index (χ0) is 27.4. The highest BCUT2D eigenvalue weighted by atomic mass is 79.9. The number of methoxy groups -OCH3 is 1. The Hall–Kier alpha value is -4.83. The number of nitrogens with zero attached hydrogens (tertiary/aromatic N) is 4. The molecule has 0 aliphatic heterocycles. The zero-order valence-electron chi connectivity index (χ0n) is 20.7. The largest absolute Gasteiger partial charge is 0.493 e. The molecular formula is C29H21BrN4O5. The number of ether oxygens (including phenoxy) is 2. The van der Waals surface area contributed by atoms with E-state index in [0.29, 0.717) is 43.8 Å². The predicted octanol–water partition coefficient (Wildman–Crippen LogP) is 6.20. The van der Waals surface area contributed by atoms with Gasteiger partial charge in [0.25, 0.3) is 11.2 Å². The second-order valence-electron chi connectivity index (χ2n) is 8.43. The Balaban J connectivity index is 1.49. The predicted molar refractivity (Wildman–Crippen MR) is 153 cm³/mol. The molecular weight excluding hydrogens is 564 g/mol. The van der Waals surface area contributed by atoms with Gasteiger partial charge in [0.05, 0.1) is 33.6 Å². The van der Waals surface area contributed by atoms with E-state index >= 15 is 0 Å². The summed E-state index contributed by atoms with van der Waals surface area (Å²) in [5.41, 5.74) is 2.31. The summed E-state index contributed by atoms with van der Waals surface area (Å²) in [4.78, 5) is 28.7. The number of aromatic nitrogens is 2. The molecule has 5 aromatic rings. The molecule has 9 nitrogen and oxygen atoms in total. The normalized spacial score (nSPS) is 11.1. The van der Waals surface area contributed by atoms with E-state index in [1.807, 2.05) is 36.4 Å². The van der Waals surface area contributed by atoms with Crippen LogP contribution < -0.4 is 15.0 Å². The minimum Gasteiger partial charge on any atom is -0.493 e. The Morgan fingerprint density at radius 3 is 2.56 bits per heavy atom. The molecule has 0 unspecified atom stereocenters. The van der Waals surface area contributed by atoms with Gasteiger partial charge in [-0.2, -0.15) is 9.78 Å². The van der Waals surface area contributed by atoms with Gasteiger partial charge in [-0.25, -0.2) is 4.98 Å². The number of hydrogen-bond donors (Lipinski definition) is 0. The van der Waals surface area contributed by atoms with Crippen molar-refractivity contribution in [2.24, 2.45) is 5.10 Å². The molecule has 0 saturated carbocycles. The lowest BCUT2D eigenvalue weighted by Gasteiger charge is -2.14. The first-order valence-corrected chi connectivity index (χ1v) is 12.6. The van der Waals surface area contributed by atoms with E-state index in [0.717, 1.165) is 5.56 Å². The molecule has 0 spiro atoms. The minimum atomic E-state index is -0.451. The fourth-order valence-corrected chi connectivity index (χ4v) is 4.57. The highest BCUT2D eigenvalue weighted by Crippen LogP contribution is 2.37. The van der Waals surface area contributed by atoms with Crippen LogP contribution in [0.1, 0.15) is 11.1 Å². The van der Waals surface area contributed by atoms with E-state index in [1.165, 1.54) is 23.9 Å². The summed E-state index contributed by atoms with van der Waals surface area (Å²) < 4.78 is 13.3. The number of nitro benzene ring substituents is 1. The van der Waals surface area contributed by atoms with Crippen LogP contribution in [0.4, 0.5) is 5.69 Å². The Kier molecular flexibility index (Phi) is 7.46. The van der Waals surface area contributed by atoms with Crippen molar-refractivity contribution in [1.29, 1.82) is 0 Å². The first kappa shape index (κ1) is 25.8. The molecule has 4 aromatic carbocycles. The van der Waals surface area contributed by atoms with Crippen molar-refractivity contribution in [2.75, 3.05) is 7.11 Å². The van der Waals surface area contributed by atoms with Gasteiger partial charge < -0.3 is 9.47 Å². The molecule has 0 fully saturated rings. The van der Waals surface area contributed by atoms with Gasteiger partial charge in [0.2, 0.25) is 0 Å². The Morgan fingerprint density at radius 2 is 1.79 bits per heavy atom. The lowest BCUT2D eigenvalue weighted by Crippen LogP contribution is -2.20. The van der Waals surface area contributed by atoms with Crippen LogP contribution in [-0.4, -0.2) is 27.9 Å². The molecule has 1 heterocycles. The van der Waals surface area contributed by atoms with Crippen LogP contribution >= 0.6 is 15.9 Å². The SMILES string of the molecule is COc1cc(C=Nn2c(-c3ccccc3)nc3ccccc3c2=O)cc(Br)c1OCc1cccc([N+](=O)[O-])c1. The summed E-state index contributed by atoms with van der Waals surface area (Å²) in [6, 6.07) is 26.3. The molecule has 0 atom stereocenters. The zero-order valence-corrected chi connectivity index (χ0v) is 22.2. The number of benzene rings is 4. The van der Waals surface area contributed by atoms with Crippen LogP contribution in [0.5, 0.6) is 11.5 Å². The van der Waals surface area contributed by atoms with Crippen LogP contribution in [0.25, 0.3) is 22.3 Å². The lowest BCUT2D eigenvalue weighted by molar-refractivity contribution is -0.384. The molecule has 0 aliphatic rings. The monoisotopic (exact) mass is 584 g/mol. The van der Waals surface area contributed by atoms with Crippen LogP contribution in [-0.2, 0) is 6.61 Å². The maximum Gasteiger partial charge on any atom is 0.282 e. The van der Waals surface area contributed by atoms with Crippen molar-refractivity contribution in [2.45, 2.75) is 6.61 Å². The van der Waals surface area contributed by atoms with Crippen LogP contribution in [0.2, 0.25) is 0 Å². The molecule has 0 radical (unpaired) electrons. The number of nitro groups is 1. The van der Waals surface area contributed by atoms with Gasteiger partial charge in [-0.05, 0) is 51.3 Å². The van der Waals surface area contributed by atoms with Crippen molar-refractivity contribution < 1.29 is 14.4 Å². The van der Waals surface area contributed by atoms with E-state index in [1.54, 1.807) is 48.7 Å². The van der Waals surface area contributed by atoms with Crippen LogP contribution in [0.3, 0.4) is 0 Å². The fourth-order valence-electron chi connectivity index (χ4n) is 4.00. The van der Waals surface area contributed by atoms with Crippen molar-refractivity contribution in [3.05, 3.63) is 127 Å². The number of rotatable bonds is 8. The number of hydrogen-bond acceptors (Lipinski definition) is 7. The van der Waals surface area contributed by atoms with Gasteiger partial charge in [0.15, 0.2) is 17.3 Å². The molecule has 10 heteroatoms. The van der Waals surface area contributed by atoms with E-state index < -0.39 is 4.92 Å². The third kappa shape index (κ3) is 5.55. The quantitative estimate of drug-likeness (QED) is 0.122. The van der Waals surface area contributed by atoms with E-state index in [2.05, 4.69) is 21.0 Å². The van der Waals surface area contributed by atoms with Gasteiger partial charge in [0, 0.05) is 17.7 Å². The summed E-state index contributed by atoms with van der Waals surface area (Å²) in [6.07, 6.45) is 1.54. The fraction of sp³-hybridized carbons (Fsp3) is 0.0690. The van der Waals surface area contributed by atoms with Gasteiger partial charge in [0.1, 0.15) is 6.61 Å². The van der Waals surface area contributed by atoms with Gasteiger partial charge in [-0.1, -0.05) is 54.6 Å². The number of fused-ring (bicyclic) bond motifs is 1. The average Bonchev–Trinajstić information content (AvgIpc) is 2.96. The van der Waals surface area contributed by atoms with E-state index in [4.69, 9.17) is 14.5 Å². The lowest BCUT2D eigenvalue weighted by atomic mass is 10.2. The summed E-state index contributed by atoms with van der Waals surface area (Å²) >= 11 is 3.52. The van der Waals surface area contributed by atoms with Crippen LogP contribution in [0, 0.1) is 10.1 Å². The Morgan fingerprint density at radius 1 is 1.03 bits per heavy atom. The second kappa shape index (κ2) is 11.3. The summed E-state index contributed by atoms with van der Waals surface area (Å²) in [6.45, 7) is 0.0999. The maximum absolute atomic E-state index is 13.4. The first-order chi connectivity index (χ1) is 18.9. The third-order valence-electron chi connectivity index (χ3n) is 5.86. The van der Waals surface area contributed by atoms with Gasteiger partial charge in [-0.3, -0.25) is 14.9 Å². The number of halogens is 1. The Labute approximate surface area is 231 Å². The standard InChI is InChI=1S/C29H21BrN4O5/c1-38-26-16-20(15-24(30)27(26)39-18-19-8-7-11-22(14-19)34(36)37)17-31-33-28(21-9-3-2-4-10-21)32-25-13-6-5-12-23(25)29(33)35/h2-17H,18H2,1H3. The maximum atomic E-state index is 13.4. The molecule has 5 rings (SSSR count). The smallest absolute Gasteiger partial charge is 0.282 e. The molecule has 0 saturated heterocycles. The van der Waals surface area contributed by atoms with E-state index in [-0.39, 0.29) is 17.9 Å². The van der Waals surface area contributed by atoms with Gasteiger partial charge >= 0.3 is 0 Å². The summed E-state index contributed by atoms with van der Waals surface area (Å²) in [7, 11) is 1.51. The minimum absolute atomic E-state index is 0.0121. The number of para-hydroxylation sites is 1. The summed E-state index contributed by atoms with van der Waals surface area (Å²) in [5, 5.41) is 16.0. The van der Waals surface area contributed by atoms with Crippen molar-refractivity contribution >= 4 is 38.7 Å².